The van der Waals surface area contributed by atoms with Gasteiger partial charge >= 0.3 is 6.09 Å². The summed E-state index contributed by atoms with van der Waals surface area (Å²) >= 11 is 0. The van der Waals surface area contributed by atoms with E-state index < -0.39 is 5.60 Å². The largest absolute Gasteiger partial charge is 0.444 e. The Labute approximate surface area is 96.4 Å². The average Bonchev–Trinajstić information content (AvgIpc) is 2.58. The van der Waals surface area contributed by atoms with Crippen LogP contribution in [0.25, 0.3) is 0 Å². The number of aliphatic hydroxyl groups excluding tert-OH is 1. The van der Waals surface area contributed by atoms with Crippen molar-refractivity contribution in [1.29, 1.82) is 0 Å². The minimum atomic E-state index is -0.431. The first-order chi connectivity index (χ1) is 7.40. The Balaban J connectivity index is 1.71. The Kier molecular flexibility index (Phi) is 2.86. The van der Waals surface area contributed by atoms with Crippen LogP contribution in [0.15, 0.2) is 0 Å². The zero-order valence-corrected chi connectivity index (χ0v) is 10.2. The molecule has 0 bridgehead atoms. The minimum absolute atomic E-state index is 0.243. The fraction of sp³-hybridized carbons (Fsp3) is 0.917. The molecule has 16 heavy (non-hydrogen) atoms. The van der Waals surface area contributed by atoms with Crippen LogP contribution in [-0.4, -0.2) is 29.4 Å². The maximum Gasteiger partial charge on any atom is 0.407 e. The SMILES string of the molecule is CC(C)(C)OC(=O)NC1C[C@@H]2C(CO)[C@@H]2C1. The Bertz CT molecular complexity index is 272. The van der Waals surface area contributed by atoms with E-state index >= 15 is 0 Å². The summed E-state index contributed by atoms with van der Waals surface area (Å²) in [5.74, 6) is 1.76. The highest BCUT2D eigenvalue weighted by molar-refractivity contribution is 5.68. The molecule has 2 aliphatic carbocycles. The summed E-state index contributed by atoms with van der Waals surface area (Å²) in [4.78, 5) is 11.5. The molecular formula is C12H21NO3. The molecule has 4 atom stereocenters. The molecule has 0 heterocycles. The number of ether oxygens (including phenoxy) is 1. The zero-order chi connectivity index (χ0) is 11.9. The van der Waals surface area contributed by atoms with Gasteiger partial charge in [0.1, 0.15) is 5.60 Å². The lowest BCUT2D eigenvalue weighted by Crippen LogP contribution is -2.38. The van der Waals surface area contributed by atoms with E-state index in [1.807, 2.05) is 20.8 Å². The highest BCUT2D eigenvalue weighted by Gasteiger charge is 2.55. The van der Waals surface area contributed by atoms with Crippen LogP contribution in [0.1, 0.15) is 33.6 Å². The molecule has 1 amide bonds. The standard InChI is InChI=1S/C12H21NO3/c1-12(2,3)16-11(15)13-7-4-8-9(5-7)10(8)6-14/h7-10,14H,4-6H2,1-3H3,(H,13,15)/t7?,8-,9+,10?. The van der Waals surface area contributed by atoms with Crippen LogP contribution in [0.3, 0.4) is 0 Å². The molecular weight excluding hydrogens is 206 g/mol. The Morgan fingerprint density at radius 1 is 1.38 bits per heavy atom. The zero-order valence-electron chi connectivity index (χ0n) is 10.2. The number of hydrogen-bond acceptors (Lipinski definition) is 3. The predicted molar refractivity (Wildman–Crippen MR) is 59.9 cm³/mol. The summed E-state index contributed by atoms with van der Waals surface area (Å²) in [6, 6.07) is 0.243. The molecule has 0 aromatic heterocycles. The molecule has 0 aromatic carbocycles. The fourth-order valence-corrected chi connectivity index (χ4v) is 2.84. The first kappa shape index (κ1) is 11.7. The first-order valence-corrected chi connectivity index (χ1v) is 6.01. The normalized spacial score (nSPS) is 36.8. The second-order valence-electron chi connectivity index (χ2n) is 5.99. The number of nitrogens with one attached hydrogen (secondary N) is 1. The lowest BCUT2D eigenvalue weighted by molar-refractivity contribution is 0.0500. The molecule has 2 aliphatic rings. The highest BCUT2D eigenvalue weighted by atomic mass is 16.6. The lowest BCUT2D eigenvalue weighted by atomic mass is 10.1. The van der Waals surface area contributed by atoms with Crippen molar-refractivity contribution in [1.82, 2.24) is 5.32 Å². The van der Waals surface area contributed by atoms with Gasteiger partial charge in [0, 0.05) is 12.6 Å². The van der Waals surface area contributed by atoms with Crippen molar-refractivity contribution in [3.05, 3.63) is 0 Å². The minimum Gasteiger partial charge on any atom is -0.444 e. The quantitative estimate of drug-likeness (QED) is 0.752. The molecule has 0 aromatic rings. The van der Waals surface area contributed by atoms with Gasteiger partial charge in [-0.05, 0) is 51.4 Å². The van der Waals surface area contributed by atoms with E-state index in [-0.39, 0.29) is 12.1 Å². The second kappa shape index (κ2) is 3.91. The van der Waals surface area contributed by atoms with Crippen molar-refractivity contribution in [3.63, 3.8) is 0 Å². The summed E-state index contributed by atoms with van der Waals surface area (Å²) in [6.45, 7) is 5.88. The molecule has 0 spiro atoms. The van der Waals surface area contributed by atoms with Crippen molar-refractivity contribution in [2.75, 3.05) is 6.61 Å². The Morgan fingerprint density at radius 3 is 2.38 bits per heavy atom. The summed E-state index contributed by atoms with van der Waals surface area (Å²) in [5, 5.41) is 11.9. The maximum absolute atomic E-state index is 11.5. The van der Waals surface area contributed by atoms with E-state index in [4.69, 9.17) is 9.84 Å². The van der Waals surface area contributed by atoms with E-state index in [2.05, 4.69) is 5.32 Å². The third kappa shape index (κ3) is 2.48. The van der Waals surface area contributed by atoms with Crippen LogP contribution >= 0.6 is 0 Å². The number of alkyl carbamates (subject to hydrolysis) is 1. The Morgan fingerprint density at radius 2 is 1.94 bits per heavy atom. The van der Waals surface area contributed by atoms with Gasteiger partial charge in [-0.25, -0.2) is 4.79 Å². The van der Waals surface area contributed by atoms with E-state index in [1.54, 1.807) is 0 Å². The van der Waals surface area contributed by atoms with Crippen molar-refractivity contribution >= 4 is 6.09 Å². The van der Waals surface area contributed by atoms with Gasteiger partial charge in [0.2, 0.25) is 0 Å². The van der Waals surface area contributed by atoms with E-state index in [1.165, 1.54) is 0 Å². The Hall–Kier alpha value is -0.770. The van der Waals surface area contributed by atoms with E-state index in [0.29, 0.717) is 24.4 Å². The van der Waals surface area contributed by atoms with Crippen molar-refractivity contribution in [2.24, 2.45) is 17.8 Å². The van der Waals surface area contributed by atoms with Gasteiger partial charge in [0.15, 0.2) is 0 Å². The van der Waals surface area contributed by atoms with Crippen LogP contribution < -0.4 is 5.32 Å². The van der Waals surface area contributed by atoms with Gasteiger partial charge in [0.25, 0.3) is 0 Å². The summed E-state index contributed by atoms with van der Waals surface area (Å²) in [6.07, 6.45) is 1.67. The molecule has 0 aliphatic heterocycles. The van der Waals surface area contributed by atoms with Crippen molar-refractivity contribution < 1.29 is 14.6 Å². The number of amides is 1. The van der Waals surface area contributed by atoms with E-state index in [0.717, 1.165) is 12.8 Å². The van der Waals surface area contributed by atoms with Gasteiger partial charge in [-0.3, -0.25) is 0 Å². The second-order valence-corrected chi connectivity index (χ2v) is 5.99. The molecule has 4 heteroatoms. The highest BCUT2D eigenvalue weighted by Crippen LogP contribution is 2.57. The first-order valence-electron chi connectivity index (χ1n) is 6.01. The predicted octanol–water partition coefficient (Wildman–Crippen LogP) is 1.53. The van der Waals surface area contributed by atoms with Gasteiger partial charge in [-0.2, -0.15) is 0 Å². The molecule has 0 radical (unpaired) electrons. The molecule has 2 rings (SSSR count). The third-order valence-corrected chi connectivity index (χ3v) is 3.55. The molecule has 4 nitrogen and oxygen atoms in total. The number of carbonyl (C=O) groups is 1. The number of fused-ring (bicyclic) bond motifs is 1. The lowest BCUT2D eigenvalue weighted by Gasteiger charge is -2.22. The molecule has 0 saturated heterocycles. The van der Waals surface area contributed by atoms with Crippen molar-refractivity contribution in [2.45, 2.75) is 45.3 Å². The summed E-state index contributed by atoms with van der Waals surface area (Å²) in [7, 11) is 0. The molecule has 2 saturated carbocycles. The average molecular weight is 227 g/mol. The number of rotatable bonds is 2. The third-order valence-electron chi connectivity index (χ3n) is 3.55. The van der Waals surface area contributed by atoms with Gasteiger partial charge in [-0.15, -0.1) is 0 Å². The molecule has 92 valence electrons. The van der Waals surface area contributed by atoms with Gasteiger partial charge in [-0.1, -0.05) is 0 Å². The molecule has 2 fully saturated rings. The van der Waals surface area contributed by atoms with E-state index in [9.17, 15) is 4.79 Å². The molecule has 2 N–H and O–H groups in total. The monoisotopic (exact) mass is 227 g/mol. The topological polar surface area (TPSA) is 58.6 Å². The molecule has 2 unspecified atom stereocenters. The van der Waals surface area contributed by atoms with Crippen LogP contribution in [0, 0.1) is 17.8 Å². The number of hydrogen-bond donors (Lipinski definition) is 2. The van der Waals surface area contributed by atoms with Crippen LogP contribution in [0.5, 0.6) is 0 Å². The van der Waals surface area contributed by atoms with Crippen molar-refractivity contribution in [3.8, 4) is 0 Å². The van der Waals surface area contributed by atoms with Crippen LogP contribution in [-0.2, 0) is 4.74 Å². The maximum atomic E-state index is 11.5. The fourth-order valence-electron chi connectivity index (χ4n) is 2.84. The van der Waals surface area contributed by atoms with Crippen LogP contribution in [0.2, 0.25) is 0 Å². The number of aliphatic hydroxyl groups is 1. The summed E-state index contributed by atoms with van der Waals surface area (Å²) < 4.78 is 5.20. The van der Waals surface area contributed by atoms with Gasteiger partial charge < -0.3 is 15.2 Å². The van der Waals surface area contributed by atoms with Gasteiger partial charge in [0.05, 0.1) is 0 Å². The summed E-state index contributed by atoms with van der Waals surface area (Å²) in [5.41, 5.74) is -0.431. The van der Waals surface area contributed by atoms with Crippen LogP contribution in [0.4, 0.5) is 4.79 Å². The number of carbonyl (C=O) groups excluding carboxylic acids is 1. The smallest absolute Gasteiger partial charge is 0.407 e.